The summed E-state index contributed by atoms with van der Waals surface area (Å²) in [7, 11) is 0. The third-order valence-corrected chi connectivity index (χ3v) is 4.04. The SMILES string of the molecule is Cc1cccc2c1NC1CC(c3ccccc3)=NN1C2=O. The number of carbonyl (C=O) groups excluding carboxylic acids is 1. The van der Waals surface area contributed by atoms with Gasteiger partial charge in [0.15, 0.2) is 0 Å². The van der Waals surface area contributed by atoms with Gasteiger partial charge in [-0.3, -0.25) is 4.79 Å². The van der Waals surface area contributed by atoms with Gasteiger partial charge in [0.2, 0.25) is 0 Å². The second-order valence-electron chi connectivity index (χ2n) is 5.42. The molecule has 0 fully saturated rings. The summed E-state index contributed by atoms with van der Waals surface area (Å²) in [5.74, 6) is -0.0246. The number of para-hydroxylation sites is 1. The molecule has 1 N–H and O–H groups in total. The van der Waals surface area contributed by atoms with E-state index in [1.807, 2.05) is 55.5 Å². The van der Waals surface area contributed by atoms with Crippen LogP contribution < -0.4 is 5.32 Å². The summed E-state index contributed by atoms with van der Waals surface area (Å²) in [6.45, 7) is 2.02. The molecule has 21 heavy (non-hydrogen) atoms. The van der Waals surface area contributed by atoms with Crippen LogP contribution in [0, 0.1) is 6.92 Å². The van der Waals surface area contributed by atoms with E-state index in [0.29, 0.717) is 5.56 Å². The highest BCUT2D eigenvalue weighted by Crippen LogP contribution is 2.33. The van der Waals surface area contributed by atoms with Gasteiger partial charge in [0.1, 0.15) is 6.17 Å². The highest BCUT2D eigenvalue weighted by molar-refractivity contribution is 6.08. The second-order valence-corrected chi connectivity index (χ2v) is 5.42. The maximum absolute atomic E-state index is 12.6. The molecule has 0 spiro atoms. The van der Waals surface area contributed by atoms with Crippen molar-refractivity contribution in [3.05, 3.63) is 65.2 Å². The molecule has 2 aromatic rings. The molecule has 0 aliphatic carbocycles. The molecule has 1 amide bonds. The summed E-state index contributed by atoms with van der Waals surface area (Å²) in [6, 6.07) is 15.8. The van der Waals surface area contributed by atoms with Crippen molar-refractivity contribution in [2.75, 3.05) is 5.32 Å². The number of benzene rings is 2. The quantitative estimate of drug-likeness (QED) is 0.871. The number of anilines is 1. The molecule has 0 saturated heterocycles. The van der Waals surface area contributed by atoms with Crippen molar-refractivity contribution in [2.45, 2.75) is 19.5 Å². The zero-order valence-corrected chi connectivity index (χ0v) is 11.7. The number of carbonyl (C=O) groups is 1. The number of hydrogen-bond donors (Lipinski definition) is 1. The Labute approximate surface area is 123 Å². The molecule has 104 valence electrons. The number of aryl methyl sites for hydroxylation is 1. The largest absolute Gasteiger partial charge is 0.362 e. The summed E-state index contributed by atoms with van der Waals surface area (Å²) in [6.07, 6.45) is 0.644. The topological polar surface area (TPSA) is 44.7 Å². The molecule has 0 aromatic heterocycles. The van der Waals surface area contributed by atoms with Gasteiger partial charge >= 0.3 is 0 Å². The van der Waals surface area contributed by atoms with Crippen molar-refractivity contribution in [1.82, 2.24) is 5.01 Å². The molecular formula is C17H15N3O. The lowest BCUT2D eigenvalue weighted by atomic mass is 10.0. The van der Waals surface area contributed by atoms with Gasteiger partial charge in [-0.15, -0.1) is 0 Å². The normalized spacial score (nSPS) is 19.7. The number of nitrogens with one attached hydrogen (secondary N) is 1. The Hall–Kier alpha value is -2.62. The van der Waals surface area contributed by atoms with Gasteiger partial charge in [-0.1, -0.05) is 42.5 Å². The van der Waals surface area contributed by atoms with Crippen molar-refractivity contribution >= 4 is 17.3 Å². The van der Waals surface area contributed by atoms with Crippen LogP contribution in [0.15, 0.2) is 53.6 Å². The van der Waals surface area contributed by atoms with E-state index in [0.717, 1.165) is 28.9 Å². The van der Waals surface area contributed by atoms with Gasteiger partial charge in [0.25, 0.3) is 5.91 Å². The lowest BCUT2D eigenvalue weighted by molar-refractivity contribution is 0.0717. The molecule has 0 bridgehead atoms. The van der Waals surface area contributed by atoms with Crippen LogP contribution in [0.3, 0.4) is 0 Å². The minimum atomic E-state index is -0.0821. The van der Waals surface area contributed by atoms with E-state index in [4.69, 9.17) is 0 Å². The monoisotopic (exact) mass is 277 g/mol. The summed E-state index contributed by atoms with van der Waals surface area (Å²) >= 11 is 0. The van der Waals surface area contributed by atoms with Crippen LogP contribution >= 0.6 is 0 Å². The Bertz CT molecular complexity index is 752. The van der Waals surface area contributed by atoms with E-state index in [9.17, 15) is 4.79 Å². The first-order chi connectivity index (χ1) is 10.2. The van der Waals surface area contributed by atoms with Gasteiger partial charge in [-0.25, -0.2) is 5.01 Å². The lowest BCUT2D eigenvalue weighted by Gasteiger charge is -2.31. The molecule has 0 saturated carbocycles. The van der Waals surface area contributed by atoms with Crippen molar-refractivity contribution in [3.63, 3.8) is 0 Å². The first-order valence-electron chi connectivity index (χ1n) is 7.06. The zero-order chi connectivity index (χ0) is 14.4. The average Bonchev–Trinajstić information content (AvgIpc) is 2.94. The molecule has 1 atom stereocenters. The third-order valence-electron chi connectivity index (χ3n) is 4.04. The Balaban J connectivity index is 1.73. The molecule has 4 heteroatoms. The van der Waals surface area contributed by atoms with Gasteiger partial charge in [0, 0.05) is 6.42 Å². The third kappa shape index (κ3) is 1.83. The standard InChI is InChI=1S/C17H15N3O/c1-11-6-5-9-13-16(11)18-15-10-14(19-20(15)17(13)21)12-7-3-2-4-8-12/h2-9,15,18H,10H2,1H3. The van der Waals surface area contributed by atoms with Crippen LogP contribution in [0.2, 0.25) is 0 Å². The van der Waals surface area contributed by atoms with Crippen LogP contribution in [0.1, 0.15) is 27.9 Å². The fourth-order valence-electron chi connectivity index (χ4n) is 2.94. The van der Waals surface area contributed by atoms with E-state index in [1.165, 1.54) is 0 Å². The lowest BCUT2D eigenvalue weighted by Crippen LogP contribution is -2.43. The fourth-order valence-corrected chi connectivity index (χ4v) is 2.94. The Morgan fingerprint density at radius 2 is 1.95 bits per heavy atom. The average molecular weight is 277 g/mol. The van der Waals surface area contributed by atoms with Crippen LogP contribution in [0.25, 0.3) is 0 Å². The van der Waals surface area contributed by atoms with Crippen molar-refractivity contribution in [2.24, 2.45) is 5.10 Å². The maximum Gasteiger partial charge on any atom is 0.278 e. The van der Waals surface area contributed by atoms with Crippen LogP contribution in [-0.4, -0.2) is 22.8 Å². The summed E-state index contributed by atoms with van der Waals surface area (Å²) < 4.78 is 0. The van der Waals surface area contributed by atoms with Crippen molar-refractivity contribution < 1.29 is 4.79 Å². The van der Waals surface area contributed by atoms with Gasteiger partial charge in [-0.2, -0.15) is 5.10 Å². The Kier molecular flexibility index (Phi) is 2.57. The number of nitrogens with zero attached hydrogens (tertiary/aromatic N) is 2. The van der Waals surface area contributed by atoms with Crippen molar-refractivity contribution in [1.29, 1.82) is 0 Å². The summed E-state index contributed by atoms with van der Waals surface area (Å²) in [5, 5.41) is 9.55. The van der Waals surface area contributed by atoms with E-state index in [2.05, 4.69) is 10.4 Å². The predicted octanol–water partition coefficient (Wildman–Crippen LogP) is 3.00. The van der Waals surface area contributed by atoms with Crippen molar-refractivity contribution in [3.8, 4) is 0 Å². The second kappa shape index (κ2) is 4.45. The molecule has 2 aliphatic heterocycles. The molecule has 2 heterocycles. The zero-order valence-electron chi connectivity index (χ0n) is 11.7. The van der Waals surface area contributed by atoms with Gasteiger partial charge in [0.05, 0.1) is 17.0 Å². The van der Waals surface area contributed by atoms with Crippen LogP contribution in [-0.2, 0) is 0 Å². The minimum Gasteiger partial charge on any atom is -0.362 e. The smallest absolute Gasteiger partial charge is 0.278 e. The van der Waals surface area contributed by atoms with E-state index >= 15 is 0 Å². The highest BCUT2D eigenvalue weighted by Gasteiger charge is 2.37. The van der Waals surface area contributed by atoms with Crippen LogP contribution in [0.5, 0.6) is 0 Å². The number of fused-ring (bicyclic) bond motifs is 2. The molecule has 4 rings (SSSR count). The Morgan fingerprint density at radius 3 is 2.76 bits per heavy atom. The maximum atomic E-state index is 12.6. The summed E-state index contributed by atoms with van der Waals surface area (Å²) in [4.78, 5) is 12.6. The number of amides is 1. The van der Waals surface area contributed by atoms with E-state index in [-0.39, 0.29) is 12.1 Å². The Morgan fingerprint density at radius 1 is 1.14 bits per heavy atom. The summed E-state index contributed by atoms with van der Waals surface area (Å²) in [5.41, 5.74) is 4.75. The predicted molar refractivity (Wildman–Crippen MR) is 82.4 cm³/mol. The van der Waals surface area contributed by atoms with Gasteiger partial charge < -0.3 is 5.32 Å². The van der Waals surface area contributed by atoms with E-state index in [1.54, 1.807) is 5.01 Å². The first-order valence-corrected chi connectivity index (χ1v) is 7.06. The number of rotatable bonds is 1. The molecule has 0 radical (unpaired) electrons. The molecule has 1 unspecified atom stereocenters. The highest BCUT2D eigenvalue weighted by atomic mass is 16.2. The fraction of sp³-hybridized carbons (Fsp3) is 0.176. The molecule has 2 aliphatic rings. The number of hydrogen-bond acceptors (Lipinski definition) is 3. The van der Waals surface area contributed by atoms with E-state index < -0.39 is 0 Å². The minimum absolute atomic E-state index is 0.0246. The number of hydrazone groups is 1. The van der Waals surface area contributed by atoms with Crippen LogP contribution in [0.4, 0.5) is 5.69 Å². The van der Waals surface area contributed by atoms with Gasteiger partial charge in [-0.05, 0) is 24.1 Å². The molecule has 4 nitrogen and oxygen atoms in total. The molecule has 2 aromatic carbocycles. The first kappa shape index (κ1) is 12.1. The molecular weight excluding hydrogens is 262 g/mol.